The van der Waals surface area contributed by atoms with Crippen LogP contribution in [0.5, 0.6) is 0 Å². The number of carbonyl (C=O) groups is 2. The number of hydrogen-bond donors (Lipinski definition) is 3. The van der Waals surface area contributed by atoms with Crippen molar-refractivity contribution in [2.45, 2.75) is 25.2 Å². The van der Waals surface area contributed by atoms with Crippen LogP contribution in [0.4, 0.5) is 13.2 Å². The van der Waals surface area contributed by atoms with Gasteiger partial charge in [0, 0.05) is 0 Å². The van der Waals surface area contributed by atoms with E-state index >= 15 is 0 Å². The number of nitrogens with one attached hydrogen (secondary N) is 2. The molecule has 0 fully saturated rings. The number of para-hydroxylation sites is 1. The summed E-state index contributed by atoms with van der Waals surface area (Å²) in [6.45, 7) is -0.916. The van der Waals surface area contributed by atoms with Gasteiger partial charge in [0.2, 0.25) is 5.91 Å². The first-order valence-electron chi connectivity index (χ1n) is 6.89. The van der Waals surface area contributed by atoms with E-state index in [-0.39, 0.29) is 10.9 Å². The van der Waals surface area contributed by atoms with Crippen LogP contribution in [0.15, 0.2) is 33.9 Å². The molecule has 2 rings (SSSR count). The lowest BCUT2D eigenvalue weighted by Gasteiger charge is -2.16. The third kappa shape index (κ3) is 4.46. The van der Waals surface area contributed by atoms with Gasteiger partial charge in [0.25, 0.3) is 5.56 Å². The molecule has 0 aliphatic carbocycles. The molecule has 0 radical (unpaired) electrons. The number of rotatable bonds is 5. The smallest absolute Gasteiger partial charge is 0.391 e. The van der Waals surface area contributed by atoms with Gasteiger partial charge in [0.15, 0.2) is 0 Å². The summed E-state index contributed by atoms with van der Waals surface area (Å²) < 4.78 is 37.4. The number of carboxylic acids is 1. The Morgan fingerprint density at radius 1 is 1.24 bits per heavy atom. The molecule has 1 amide bonds. The zero-order valence-corrected chi connectivity index (χ0v) is 12.5. The summed E-state index contributed by atoms with van der Waals surface area (Å²) >= 11 is 0. The Bertz CT molecular complexity index is 932. The van der Waals surface area contributed by atoms with Crippen LogP contribution in [0.1, 0.15) is 6.42 Å². The van der Waals surface area contributed by atoms with E-state index in [2.05, 4.69) is 4.98 Å². The average molecular weight is 359 g/mol. The number of hydrogen-bond acceptors (Lipinski definition) is 4. The first kappa shape index (κ1) is 18.2. The van der Waals surface area contributed by atoms with E-state index in [1.807, 2.05) is 0 Å². The zero-order chi connectivity index (χ0) is 18.8. The van der Waals surface area contributed by atoms with Gasteiger partial charge in [-0.2, -0.15) is 13.2 Å². The second kappa shape index (κ2) is 6.79. The van der Waals surface area contributed by atoms with Crippen molar-refractivity contribution < 1.29 is 27.9 Å². The normalized spacial score (nSPS) is 12.8. The third-order valence-corrected chi connectivity index (χ3v) is 3.26. The molecule has 0 aliphatic rings. The Kier molecular flexibility index (Phi) is 4.95. The largest absolute Gasteiger partial charge is 0.480 e. The Morgan fingerprint density at radius 2 is 1.88 bits per heavy atom. The number of amides is 1. The van der Waals surface area contributed by atoms with Crippen molar-refractivity contribution in [1.29, 1.82) is 0 Å². The van der Waals surface area contributed by atoms with Crippen LogP contribution in [-0.2, 0) is 16.1 Å². The van der Waals surface area contributed by atoms with E-state index in [1.54, 1.807) is 11.4 Å². The number of carboxylic acid groups (broad SMARTS) is 1. The van der Waals surface area contributed by atoms with Crippen molar-refractivity contribution in [3.63, 3.8) is 0 Å². The molecule has 25 heavy (non-hydrogen) atoms. The molecular weight excluding hydrogens is 347 g/mol. The predicted octanol–water partition coefficient (Wildman–Crippen LogP) is 0.212. The van der Waals surface area contributed by atoms with Crippen molar-refractivity contribution in [2.24, 2.45) is 0 Å². The molecule has 0 saturated heterocycles. The number of benzene rings is 1. The summed E-state index contributed by atoms with van der Waals surface area (Å²) in [5, 5.41) is 10.5. The van der Waals surface area contributed by atoms with Crippen molar-refractivity contribution in [3.05, 3.63) is 45.1 Å². The summed E-state index contributed by atoms with van der Waals surface area (Å²) in [5.74, 6) is -3.09. The van der Waals surface area contributed by atoms with Gasteiger partial charge in [-0.15, -0.1) is 0 Å². The van der Waals surface area contributed by atoms with E-state index in [1.165, 1.54) is 18.2 Å². The maximum absolute atomic E-state index is 12.3. The van der Waals surface area contributed by atoms with Crippen molar-refractivity contribution >= 4 is 22.8 Å². The summed E-state index contributed by atoms with van der Waals surface area (Å²) in [6, 6.07) is 3.74. The molecule has 0 saturated carbocycles. The molecule has 1 unspecified atom stereocenters. The first-order valence-corrected chi connectivity index (χ1v) is 6.89. The number of fused-ring (bicyclic) bond motifs is 1. The highest BCUT2D eigenvalue weighted by atomic mass is 19.4. The van der Waals surface area contributed by atoms with Crippen LogP contribution in [0.25, 0.3) is 10.9 Å². The van der Waals surface area contributed by atoms with Crippen molar-refractivity contribution in [2.75, 3.05) is 0 Å². The number of carbonyl (C=O) groups excluding carboxylic acids is 1. The lowest BCUT2D eigenvalue weighted by Crippen LogP contribution is -2.47. The van der Waals surface area contributed by atoms with E-state index in [9.17, 15) is 32.3 Å². The second-order valence-corrected chi connectivity index (χ2v) is 5.14. The fourth-order valence-electron chi connectivity index (χ4n) is 2.16. The van der Waals surface area contributed by atoms with E-state index in [0.717, 1.165) is 0 Å². The zero-order valence-electron chi connectivity index (χ0n) is 12.5. The molecule has 0 aliphatic heterocycles. The fraction of sp³-hybridized carbons (Fsp3) is 0.286. The predicted molar refractivity (Wildman–Crippen MR) is 79.1 cm³/mol. The summed E-state index contributed by atoms with van der Waals surface area (Å²) in [7, 11) is 0. The second-order valence-electron chi connectivity index (χ2n) is 5.14. The molecule has 8 nitrogen and oxygen atoms in total. The summed E-state index contributed by atoms with van der Waals surface area (Å²) in [6.07, 6.45) is -6.59. The number of alkyl halides is 3. The molecule has 2 aromatic rings. The van der Waals surface area contributed by atoms with Gasteiger partial charge in [-0.05, 0) is 12.1 Å². The van der Waals surface area contributed by atoms with Gasteiger partial charge in [-0.1, -0.05) is 12.1 Å². The highest BCUT2D eigenvalue weighted by molar-refractivity contribution is 5.83. The minimum absolute atomic E-state index is 0.0972. The molecule has 1 aromatic carbocycles. The highest BCUT2D eigenvalue weighted by Crippen LogP contribution is 2.21. The average Bonchev–Trinajstić information content (AvgIpc) is 2.49. The maximum Gasteiger partial charge on any atom is 0.391 e. The number of H-pyrrole nitrogens is 1. The molecule has 0 spiro atoms. The Labute approximate surface area is 136 Å². The fourth-order valence-corrected chi connectivity index (χ4v) is 2.16. The van der Waals surface area contributed by atoms with Crippen LogP contribution in [0, 0.1) is 0 Å². The number of aromatic nitrogens is 2. The van der Waals surface area contributed by atoms with Crippen molar-refractivity contribution in [1.82, 2.24) is 14.9 Å². The number of nitrogens with zero attached hydrogens (tertiary/aromatic N) is 1. The van der Waals surface area contributed by atoms with Gasteiger partial charge in [0.1, 0.15) is 12.6 Å². The molecular formula is C14H12F3N3O5. The van der Waals surface area contributed by atoms with Gasteiger partial charge in [-0.25, -0.2) is 9.59 Å². The topological polar surface area (TPSA) is 121 Å². The highest BCUT2D eigenvalue weighted by Gasteiger charge is 2.36. The quantitative estimate of drug-likeness (QED) is 0.705. The number of aliphatic carboxylic acids is 1. The van der Waals surface area contributed by atoms with Crippen LogP contribution in [0.2, 0.25) is 0 Å². The molecule has 11 heteroatoms. The Balaban J connectivity index is 2.26. The van der Waals surface area contributed by atoms with Crippen LogP contribution in [0.3, 0.4) is 0 Å². The number of halogens is 3. The molecule has 1 heterocycles. The van der Waals surface area contributed by atoms with Crippen molar-refractivity contribution in [3.8, 4) is 0 Å². The molecule has 1 atom stereocenters. The lowest BCUT2D eigenvalue weighted by molar-refractivity contribution is -0.160. The minimum atomic E-state index is -4.81. The van der Waals surface area contributed by atoms with E-state index in [4.69, 9.17) is 5.11 Å². The van der Waals surface area contributed by atoms with E-state index in [0.29, 0.717) is 4.57 Å². The third-order valence-electron chi connectivity index (χ3n) is 3.26. The summed E-state index contributed by atoms with van der Waals surface area (Å²) in [4.78, 5) is 49.0. The van der Waals surface area contributed by atoms with Gasteiger partial charge >= 0.3 is 17.8 Å². The van der Waals surface area contributed by atoms with Gasteiger partial charge in [-0.3, -0.25) is 14.2 Å². The first-order chi connectivity index (χ1) is 11.6. The van der Waals surface area contributed by atoms with Crippen LogP contribution < -0.4 is 16.6 Å². The summed E-state index contributed by atoms with van der Waals surface area (Å²) in [5.41, 5.74) is -1.53. The molecule has 3 N–H and O–H groups in total. The van der Waals surface area contributed by atoms with E-state index < -0.39 is 48.3 Å². The van der Waals surface area contributed by atoms with Crippen LogP contribution >= 0.6 is 0 Å². The Morgan fingerprint density at radius 3 is 2.48 bits per heavy atom. The SMILES string of the molecule is O=C(Cn1c(=O)[nH]c2ccccc2c1=O)NC(CC(F)(F)F)C(=O)O. The molecule has 0 bridgehead atoms. The maximum atomic E-state index is 12.3. The van der Waals surface area contributed by atoms with Gasteiger partial charge < -0.3 is 15.4 Å². The lowest BCUT2D eigenvalue weighted by atomic mass is 10.2. The standard InChI is InChI=1S/C14H12F3N3O5/c15-14(16,17)5-9(12(23)24)18-10(21)6-20-11(22)7-3-1-2-4-8(7)19-13(20)25/h1-4,9H,5-6H2,(H,18,21)(H,19,25)(H,23,24). The molecule has 1 aromatic heterocycles. The monoisotopic (exact) mass is 359 g/mol. The minimum Gasteiger partial charge on any atom is -0.480 e. The van der Waals surface area contributed by atoms with Crippen LogP contribution in [-0.4, -0.2) is 38.8 Å². The van der Waals surface area contributed by atoms with Gasteiger partial charge in [0.05, 0.1) is 17.3 Å². The Hall–Kier alpha value is -3.11. The number of aromatic amines is 1. The molecule has 134 valence electrons.